The second-order valence-electron chi connectivity index (χ2n) is 20.3. The number of hydrogen-bond acceptors (Lipinski definition) is 0. The molecule has 276 valence electrons. The van der Waals surface area contributed by atoms with E-state index in [1.54, 1.807) is 0 Å². The summed E-state index contributed by atoms with van der Waals surface area (Å²) in [5.41, 5.74) is 28.4. The Balaban J connectivity index is 1.30. The van der Waals surface area contributed by atoms with E-state index in [9.17, 15) is 0 Å². The number of rotatable bonds is 2. The largest absolute Gasteiger partial charge is 0.311 e. The van der Waals surface area contributed by atoms with E-state index in [0.29, 0.717) is 0 Å². The maximum atomic E-state index is 2.76. The van der Waals surface area contributed by atoms with Crippen LogP contribution in [-0.4, -0.2) is 29.3 Å². The number of benzene rings is 7. The topological polar surface area (TPSA) is 9.86 Å². The molecular weight excluding hydrogens is 697 g/mol. The van der Waals surface area contributed by atoms with Crippen LogP contribution in [0.1, 0.15) is 69.4 Å². The molecule has 0 amide bonds. The first-order valence-corrected chi connectivity index (χ1v) is 21.4. The van der Waals surface area contributed by atoms with Crippen molar-refractivity contribution in [2.45, 2.75) is 73.1 Å². The third-order valence-electron chi connectivity index (χ3n) is 14.7. The van der Waals surface area contributed by atoms with Crippen LogP contribution >= 0.6 is 0 Å². The van der Waals surface area contributed by atoms with Gasteiger partial charge in [-0.15, -0.1) is 0 Å². The van der Waals surface area contributed by atoms with Gasteiger partial charge in [-0.05, 0) is 93.1 Å². The third-order valence-corrected chi connectivity index (χ3v) is 14.7. The molecule has 4 aliphatic heterocycles. The lowest BCUT2D eigenvalue weighted by atomic mass is 9.26. The van der Waals surface area contributed by atoms with Gasteiger partial charge in [-0.1, -0.05) is 166 Å². The van der Waals surface area contributed by atoms with E-state index in [4.69, 9.17) is 0 Å². The molecule has 5 heteroatoms. The Morgan fingerprint density at radius 2 is 0.810 bits per heavy atom. The molecule has 0 N–H and O–H groups in total. The molecule has 2 aromatic heterocycles. The fourth-order valence-electron chi connectivity index (χ4n) is 12.4. The summed E-state index contributed by atoms with van der Waals surface area (Å²) in [6.45, 7) is 21.5. The third kappa shape index (κ3) is 3.85. The number of hydrogen-bond donors (Lipinski definition) is 0. The van der Waals surface area contributed by atoms with E-state index in [2.05, 4.69) is 181 Å². The van der Waals surface area contributed by atoms with Crippen molar-refractivity contribution in [1.82, 2.24) is 9.13 Å². The zero-order valence-electron chi connectivity index (χ0n) is 35.0. The molecule has 0 spiro atoms. The number of nitrogens with zero attached hydrogens (tertiary/aromatic N) is 2. The van der Waals surface area contributed by atoms with Crippen LogP contribution in [0, 0.1) is 20.8 Å². The van der Waals surface area contributed by atoms with Crippen LogP contribution in [0.15, 0.2) is 109 Å². The number of para-hydroxylation sites is 2. The molecule has 4 aliphatic rings. The van der Waals surface area contributed by atoms with Crippen molar-refractivity contribution in [2.24, 2.45) is 0 Å². The first kappa shape index (κ1) is 33.3. The van der Waals surface area contributed by atoms with Crippen molar-refractivity contribution in [3.8, 4) is 11.4 Å². The van der Waals surface area contributed by atoms with Gasteiger partial charge in [0, 0.05) is 55.0 Å². The molecule has 0 bridgehead atoms. The van der Waals surface area contributed by atoms with Gasteiger partial charge in [0.15, 0.2) is 0 Å². The Morgan fingerprint density at radius 1 is 0.397 bits per heavy atom. The van der Waals surface area contributed by atoms with Gasteiger partial charge >= 0.3 is 0 Å². The summed E-state index contributed by atoms with van der Waals surface area (Å²) in [7, 11) is 0. The lowest BCUT2D eigenvalue weighted by Gasteiger charge is -2.43. The minimum atomic E-state index is 0.0337. The standard InChI is InChI=1S/C53H45B3N2/c1-28-22-37-38-23-29(2)25-42-49(38)58-48(37)41(24-28)55(34-17-11-15-32(27-34)53(7,8)9)44-30(3)43-50-45(51(44)58)56(42)40-21-13-19-36-35-18-12-20-39(46(35)57(50)47(36)40)54(43)33-16-10-14-31(26-33)52(4,5)6/h10-27H,1-9H3. The van der Waals surface area contributed by atoms with E-state index in [-0.39, 0.29) is 31.0 Å². The fraction of sp³-hybridized carbons (Fsp3) is 0.208. The molecule has 7 aromatic carbocycles. The normalized spacial score (nSPS) is 14.5. The second-order valence-corrected chi connectivity index (χ2v) is 20.3. The molecule has 0 unspecified atom stereocenters. The predicted molar refractivity (Wildman–Crippen MR) is 254 cm³/mol. The summed E-state index contributed by atoms with van der Waals surface area (Å²) in [5, 5.41) is 5.52. The number of aromatic nitrogens is 2. The summed E-state index contributed by atoms with van der Waals surface area (Å²) < 4.78 is 5.50. The van der Waals surface area contributed by atoms with E-state index in [0.717, 1.165) is 0 Å². The highest BCUT2D eigenvalue weighted by Gasteiger charge is 2.50. The molecule has 6 heterocycles. The Bertz CT molecular complexity index is 3420. The van der Waals surface area contributed by atoms with Gasteiger partial charge in [0.2, 0.25) is 13.4 Å². The zero-order chi connectivity index (χ0) is 39.5. The van der Waals surface area contributed by atoms with Crippen LogP contribution in [0.2, 0.25) is 0 Å². The van der Waals surface area contributed by atoms with Crippen LogP contribution in [0.3, 0.4) is 0 Å². The van der Waals surface area contributed by atoms with Crippen molar-refractivity contribution in [3.63, 3.8) is 0 Å². The quantitative estimate of drug-likeness (QED) is 0.187. The first-order chi connectivity index (χ1) is 27.8. The van der Waals surface area contributed by atoms with Crippen molar-refractivity contribution >= 4 is 113 Å². The molecule has 9 aromatic rings. The van der Waals surface area contributed by atoms with Gasteiger partial charge in [0.1, 0.15) is 0 Å². The highest BCUT2D eigenvalue weighted by molar-refractivity contribution is 7.06. The molecule has 0 radical (unpaired) electrons. The Kier molecular flexibility index (Phi) is 6.03. The SMILES string of the molecule is Cc1cc2c3c(c1)c1cc(C)cc4c1n3-c1c(c(C)c3c5c1B4c1cccc4c6cccc(c6n-5c14)B3c1cccc(C(C)(C)C)c1)B2c1cccc(C(C)(C)C)c1. The van der Waals surface area contributed by atoms with E-state index in [1.165, 1.54) is 132 Å². The maximum absolute atomic E-state index is 2.76. The van der Waals surface area contributed by atoms with Crippen LogP contribution in [0.25, 0.3) is 55.0 Å². The van der Waals surface area contributed by atoms with Crippen LogP contribution < -0.4 is 49.2 Å². The Labute approximate surface area is 342 Å². The maximum Gasteiger partial charge on any atom is 0.252 e. The molecule has 0 atom stereocenters. The summed E-state index contributed by atoms with van der Waals surface area (Å²) in [6, 6.07) is 43.6. The first-order valence-electron chi connectivity index (χ1n) is 21.4. The van der Waals surface area contributed by atoms with Gasteiger partial charge in [-0.2, -0.15) is 0 Å². The van der Waals surface area contributed by atoms with Crippen molar-refractivity contribution in [2.75, 3.05) is 0 Å². The molecular formula is C53H45B3N2. The van der Waals surface area contributed by atoms with E-state index < -0.39 is 0 Å². The molecule has 13 rings (SSSR count). The van der Waals surface area contributed by atoms with Gasteiger partial charge in [0.25, 0.3) is 6.71 Å². The average molecular weight is 742 g/mol. The summed E-state index contributed by atoms with van der Waals surface area (Å²) >= 11 is 0. The van der Waals surface area contributed by atoms with Crippen LogP contribution in [0.5, 0.6) is 0 Å². The van der Waals surface area contributed by atoms with Gasteiger partial charge in [0.05, 0.1) is 0 Å². The zero-order valence-corrected chi connectivity index (χ0v) is 35.0. The molecule has 58 heavy (non-hydrogen) atoms. The number of fused-ring (bicyclic) bond motifs is 4. The van der Waals surface area contributed by atoms with E-state index in [1.807, 2.05) is 0 Å². The summed E-state index contributed by atoms with van der Waals surface area (Å²) in [5.74, 6) is 0. The molecule has 2 nitrogen and oxygen atoms in total. The van der Waals surface area contributed by atoms with Crippen LogP contribution in [0.4, 0.5) is 0 Å². The predicted octanol–water partition coefficient (Wildman–Crippen LogP) is 6.20. The summed E-state index contributed by atoms with van der Waals surface area (Å²) in [4.78, 5) is 0. The lowest BCUT2D eigenvalue weighted by molar-refractivity contribution is 0.590. The number of aryl methyl sites for hydroxylation is 2. The van der Waals surface area contributed by atoms with Gasteiger partial charge < -0.3 is 9.13 Å². The van der Waals surface area contributed by atoms with Crippen LogP contribution in [-0.2, 0) is 10.8 Å². The van der Waals surface area contributed by atoms with Gasteiger partial charge in [-0.25, -0.2) is 0 Å². The molecule has 0 saturated heterocycles. The minimum Gasteiger partial charge on any atom is -0.311 e. The monoisotopic (exact) mass is 742 g/mol. The minimum absolute atomic E-state index is 0.0337. The molecule has 0 saturated carbocycles. The highest BCUT2D eigenvalue weighted by Crippen LogP contribution is 2.41. The highest BCUT2D eigenvalue weighted by atomic mass is 15.0. The van der Waals surface area contributed by atoms with Crippen molar-refractivity contribution < 1.29 is 0 Å². The van der Waals surface area contributed by atoms with Crippen molar-refractivity contribution in [3.05, 3.63) is 137 Å². The Morgan fingerprint density at radius 3 is 1.29 bits per heavy atom. The molecule has 0 aliphatic carbocycles. The second kappa shape index (κ2) is 10.5. The average Bonchev–Trinajstić information content (AvgIpc) is 3.71. The smallest absolute Gasteiger partial charge is 0.252 e. The summed E-state index contributed by atoms with van der Waals surface area (Å²) in [6.07, 6.45) is 0. The fourth-order valence-corrected chi connectivity index (χ4v) is 12.4. The Hall–Kier alpha value is -5.67. The van der Waals surface area contributed by atoms with E-state index >= 15 is 0 Å². The van der Waals surface area contributed by atoms with Crippen molar-refractivity contribution in [1.29, 1.82) is 0 Å². The molecule has 0 fully saturated rings. The lowest BCUT2D eigenvalue weighted by Crippen LogP contribution is -2.70. The van der Waals surface area contributed by atoms with Gasteiger partial charge in [-0.3, -0.25) is 0 Å².